The Morgan fingerprint density at radius 2 is 1.98 bits per heavy atom. The molecule has 2 aromatic carbocycles. The minimum Gasteiger partial charge on any atom is -0.494 e. The number of ether oxygens (including phenoxy) is 3. The Morgan fingerprint density at radius 3 is 2.84 bits per heavy atom. The van der Waals surface area contributed by atoms with Crippen LogP contribution in [0.4, 0.5) is 0 Å². The van der Waals surface area contributed by atoms with Crippen molar-refractivity contribution in [2.45, 2.75) is 57.9 Å². The van der Waals surface area contributed by atoms with Crippen molar-refractivity contribution < 1.29 is 28.6 Å². The molecule has 0 radical (unpaired) electrons. The molecule has 3 aliphatic heterocycles. The largest absolute Gasteiger partial charge is 0.494 e. The second-order valence-corrected chi connectivity index (χ2v) is 11.1. The fourth-order valence-corrected chi connectivity index (χ4v) is 5.86. The molecule has 1 saturated heterocycles. The van der Waals surface area contributed by atoms with Crippen LogP contribution in [0.1, 0.15) is 58.6 Å². The van der Waals surface area contributed by atoms with Gasteiger partial charge in [0.1, 0.15) is 23.1 Å². The summed E-state index contributed by atoms with van der Waals surface area (Å²) < 4.78 is 20.1. The number of nitrogens with one attached hydrogen (secondary N) is 1. The molecule has 0 saturated carbocycles. The molecule has 0 aliphatic carbocycles. The molecule has 0 unspecified atom stereocenters. The number of piperidine rings is 1. The summed E-state index contributed by atoms with van der Waals surface area (Å²) in [4.78, 5) is 43.3. The summed E-state index contributed by atoms with van der Waals surface area (Å²) in [5, 5.41) is 11.5. The van der Waals surface area contributed by atoms with E-state index in [2.05, 4.69) is 15.5 Å². The van der Waals surface area contributed by atoms with Crippen molar-refractivity contribution >= 4 is 17.7 Å². The van der Waals surface area contributed by atoms with Crippen LogP contribution >= 0.6 is 0 Å². The van der Waals surface area contributed by atoms with Gasteiger partial charge in [0.15, 0.2) is 0 Å². The standard InChI is InChI=1S/C31H36N6O6/c1-3-41-23-14-21-15-24(16-23)43-22-8-6-7-20(13-22)19-42-26-10-12-36(17-25(26)32-28(38)18-35(2)30(21)39)31(40)29-34-33-27-9-4-5-11-37(27)29/h6-8,13-16,25-26H,3-5,9-12,17-19H2,1-2H3,(H,32,38)/t25-,26+/m0/s1. The van der Waals surface area contributed by atoms with E-state index >= 15 is 0 Å². The molecule has 43 heavy (non-hydrogen) atoms. The average Bonchev–Trinajstić information content (AvgIpc) is 3.43. The van der Waals surface area contributed by atoms with Crippen molar-refractivity contribution in [2.24, 2.45) is 0 Å². The SMILES string of the molecule is CCOc1cc2cc(c1)C(=O)N(C)CC(=O)N[C@H]1CN(C(=O)c3nnc4n3CCCC4)CC[C@H]1OCc1cccc(c1)O2. The number of likely N-dealkylation sites (N-methyl/N-ethyl adjacent to an activating group) is 1. The average molecular weight is 589 g/mol. The minimum absolute atomic E-state index is 0.179. The molecule has 0 spiro atoms. The van der Waals surface area contributed by atoms with Crippen LogP contribution in [-0.4, -0.2) is 87.7 Å². The van der Waals surface area contributed by atoms with Gasteiger partial charge in [0.25, 0.3) is 11.8 Å². The van der Waals surface area contributed by atoms with E-state index in [-0.39, 0.29) is 36.9 Å². The van der Waals surface area contributed by atoms with Gasteiger partial charge in [-0.05, 0) is 56.0 Å². The first kappa shape index (κ1) is 28.7. The Kier molecular flexibility index (Phi) is 8.28. The maximum atomic E-state index is 13.6. The zero-order valence-corrected chi connectivity index (χ0v) is 24.5. The number of hydrogen-bond donors (Lipinski definition) is 1. The molecule has 4 bridgehead atoms. The molecule has 1 N–H and O–H groups in total. The molecule has 4 heterocycles. The lowest BCUT2D eigenvalue weighted by Gasteiger charge is -2.38. The molecule has 3 aromatic rings. The minimum atomic E-state index is -0.488. The Morgan fingerprint density at radius 1 is 1.09 bits per heavy atom. The van der Waals surface area contributed by atoms with Crippen LogP contribution in [0.5, 0.6) is 17.2 Å². The fraction of sp³-hybridized carbons (Fsp3) is 0.452. The van der Waals surface area contributed by atoms with Gasteiger partial charge in [-0.3, -0.25) is 14.4 Å². The normalized spacial score (nSPS) is 20.9. The highest BCUT2D eigenvalue weighted by atomic mass is 16.5. The van der Waals surface area contributed by atoms with E-state index in [0.717, 1.165) is 37.2 Å². The van der Waals surface area contributed by atoms with Crippen molar-refractivity contribution in [3.63, 3.8) is 0 Å². The van der Waals surface area contributed by atoms with Crippen molar-refractivity contribution in [1.29, 1.82) is 0 Å². The first-order valence-electron chi connectivity index (χ1n) is 14.8. The van der Waals surface area contributed by atoms with Gasteiger partial charge in [-0.25, -0.2) is 0 Å². The summed E-state index contributed by atoms with van der Waals surface area (Å²) >= 11 is 0. The van der Waals surface area contributed by atoms with Crippen LogP contribution < -0.4 is 14.8 Å². The highest BCUT2D eigenvalue weighted by Crippen LogP contribution is 2.29. The highest BCUT2D eigenvalue weighted by molar-refractivity contribution is 5.97. The van der Waals surface area contributed by atoms with Crippen LogP contribution in [0.2, 0.25) is 0 Å². The number of benzene rings is 2. The lowest BCUT2D eigenvalue weighted by Crippen LogP contribution is -2.58. The van der Waals surface area contributed by atoms with E-state index in [1.54, 1.807) is 30.1 Å². The maximum absolute atomic E-state index is 13.6. The topological polar surface area (TPSA) is 128 Å². The molecule has 226 valence electrons. The van der Waals surface area contributed by atoms with Gasteiger partial charge in [0, 0.05) is 44.7 Å². The summed E-state index contributed by atoms with van der Waals surface area (Å²) in [5.41, 5.74) is 1.23. The lowest BCUT2D eigenvalue weighted by molar-refractivity contribution is -0.124. The number of rotatable bonds is 3. The quantitative estimate of drug-likeness (QED) is 0.495. The lowest BCUT2D eigenvalue weighted by atomic mass is 10.0. The van der Waals surface area contributed by atoms with Gasteiger partial charge in [-0.2, -0.15) is 0 Å². The summed E-state index contributed by atoms with van der Waals surface area (Å²) in [6.45, 7) is 3.82. The van der Waals surface area contributed by atoms with Crippen LogP contribution in [0.25, 0.3) is 0 Å². The third-order valence-corrected chi connectivity index (χ3v) is 8.00. The van der Waals surface area contributed by atoms with E-state index in [1.165, 1.54) is 4.90 Å². The zero-order valence-electron chi connectivity index (χ0n) is 24.5. The third-order valence-electron chi connectivity index (χ3n) is 8.00. The number of fused-ring (bicyclic) bond motifs is 6. The van der Waals surface area contributed by atoms with E-state index < -0.39 is 6.04 Å². The molecule has 12 heteroatoms. The molecule has 1 aromatic heterocycles. The van der Waals surface area contributed by atoms with Crippen LogP contribution in [-0.2, 0) is 29.1 Å². The summed E-state index contributed by atoms with van der Waals surface area (Å²) in [5.74, 6) is 1.79. The van der Waals surface area contributed by atoms with E-state index in [9.17, 15) is 14.4 Å². The first-order valence-corrected chi connectivity index (χ1v) is 14.8. The number of aromatic nitrogens is 3. The smallest absolute Gasteiger partial charge is 0.291 e. The molecule has 1 fully saturated rings. The summed E-state index contributed by atoms with van der Waals surface area (Å²) in [6.07, 6.45) is 3.00. The molecular weight excluding hydrogens is 552 g/mol. The van der Waals surface area contributed by atoms with E-state index in [0.29, 0.717) is 54.8 Å². The Labute approximate surface area is 249 Å². The fourth-order valence-electron chi connectivity index (χ4n) is 5.86. The Balaban J connectivity index is 1.26. The maximum Gasteiger partial charge on any atom is 0.291 e. The van der Waals surface area contributed by atoms with Crippen molar-refractivity contribution in [1.82, 2.24) is 29.9 Å². The van der Waals surface area contributed by atoms with E-state index in [1.807, 2.05) is 35.8 Å². The van der Waals surface area contributed by atoms with Gasteiger partial charge in [-0.15, -0.1) is 10.2 Å². The molecule has 12 nitrogen and oxygen atoms in total. The van der Waals surface area contributed by atoms with Gasteiger partial charge in [0.2, 0.25) is 11.7 Å². The number of carbonyl (C=O) groups excluding carboxylic acids is 3. The van der Waals surface area contributed by atoms with E-state index in [4.69, 9.17) is 14.2 Å². The molecule has 3 amide bonds. The summed E-state index contributed by atoms with van der Waals surface area (Å²) in [6, 6.07) is 12.1. The van der Waals surface area contributed by atoms with Crippen LogP contribution in [0.3, 0.4) is 0 Å². The van der Waals surface area contributed by atoms with Gasteiger partial charge < -0.3 is 33.9 Å². The predicted molar refractivity (Wildman–Crippen MR) is 155 cm³/mol. The number of hydrogen-bond acceptors (Lipinski definition) is 8. The monoisotopic (exact) mass is 588 g/mol. The number of aryl methyl sites for hydroxylation is 1. The number of likely N-dealkylation sites (tertiary alicyclic amines) is 1. The van der Waals surface area contributed by atoms with Gasteiger partial charge in [-0.1, -0.05) is 12.1 Å². The molecule has 6 rings (SSSR count). The second-order valence-electron chi connectivity index (χ2n) is 11.1. The zero-order chi connectivity index (χ0) is 29.9. The second kappa shape index (κ2) is 12.4. The van der Waals surface area contributed by atoms with Gasteiger partial charge >= 0.3 is 0 Å². The third kappa shape index (κ3) is 6.34. The van der Waals surface area contributed by atoms with Crippen molar-refractivity contribution in [3.8, 4) is 17.2 Å². The predicted octanol–water partition coefficient (Wildman–Crippen LogP) is 2.81. The first-order chi connectivity index (χ1) is 20.9. The number of nitrogens with zero attached hydrogens (tertiary/aromatic N) is 5. The van der Waals surface area contributed by atoms with Gasteiger partial charge in [0.05, 0.1) is 31.9 Å². The number of carbonyl (C=O) groups is 3. The highest BCUT2D eigenvalue weighted by Gasteiger charge is 2.36. The Hall–Kier alpha value is -4.45. The Bertz CT molecular complexity index is 1520. The molecule has 3 aliphatic rings. The van der Waals surface area contributed by atoms with Crippen LogP contribution in [0, 0.1) is 0 Å². The van der Waals surface area contributed by atoms with Crippen LogP contribution in [0.15, 0.2) is 42.5 Å². The molecular formula is C31H36N6O6. The summed E-state index contributed by atoms with van der Waals surface area (Å²) in [7, 11) is 1.57. The molecule has 2 atom stereocenters. The van der Waals surface area contributed by atoms with Crippen molar-refractivity contribution in [2.75, 3.05) is 33.3 Å². The number of amides is 3. The van der Waals surface area contributed by atoms with Crippen molar-refractivity contribution in [3.05, 3.63) is 65.2 Å².